The van der Waals surface area contributed by atoms with Crippen LogP contribution < -0.4 is 10.9 Å². The smallest absolute Gasteiger partial charge is 0.336 e. The van der Waals surface area contributed by atoms with Crippen molar-refractivity contribution in [1.29, 1.82) is 0 Å². The van der Waals surface area contributed by atoms with E-state index in [0.29, 0.717) is 18.0 Å². The lowest BCUT2D eigenvalue weighted by Crippen LogP contribution is -2.06. The number of aryl methyl sites for hydroxylation is 1. The van der Waals surface area contributed by atoms with E-state index in [1.165, 1.54) is 11.1 Å². The zero-order valence-electron chi connectivity index (χ0n) is 14.4. The summed E-state index contributed by atoms with van der Waals surface area (Å²) in [5, 5.41) is 4.38. The van der Waals surface area contributed by atoms with E-state index in [4.69, 9.17) is 4.42 Å². The van der Waals surface area contributed by atoms with Gasteiger partial charge in [-0.2, -0.15) is 0 Å². The first kappa shape index (κ1) is 16.3. The Hall–Kier alpha value is -2.55. The van der Waals surface area contributed by atoms with E-state index in [2.05, 4.69) is 56.4 Å². The van der Waals surface area contributed by atoms with E-state index >= 15 is 0 Å². The van der Waals surface area contributed by atoms with Gasteiger partial charge in [0.1, 0.15) is 5.58 Å². The van der Waals surface area contributed by atoms with E-state index in [1.807, 2.05) is 12.1 Å². The molecule has 1 aromatic heterocycles. The Kier molecular flexibility index (Phi) is 4.70. The van der Waals surface area contributed by atoms with Crippen molar-refractivity contribution >= 4 is 16.7 Å². The topological polar surface area (TPSA) is 42.2 Å². The summed E-state index contributed by atoms with van der Waals surface area (Å²) in [5.74, 6) is 0.523. The molecule has 0 aliphatic carbocycles. The number of benzene rings is 2. The normalized spacial score (nSPS) is 11.2. The summed E-state index contributed by atoms with van der Waals surface area (Å²) < 4.78 is 5.36. The molecule has 3 nitrogen and oxygen atoms in total. The van der Waals surface area contributed by atoms with Crippen molar-refractivity contribution in [2.45, 2.75) is 39.7 Å². The second kappa shape index (κ2) is 6.91. The van der Waals surface area contributed by atoms with Gasteiger partial charge in [-0.05, 0) is 47.2 Å². The highest BCUT2D eigenvalue weighted by atomic mass is 16.4. The second-order valence-corrected chi connectivity index (χ2v) is 6.41. The first-order valence-corrected chi connectivity index (χ1v) is 8.46. The van der Waals surface area contributed by atoms with Gasteiger partial charge in [-0.1, -0.05) is 45.0 Å². The van der Waals surface area contributed by atoms with Crippen LogP contribution >= 0.6 is 0 Å². The lowest BCUT2D eigenvalue weighted by Gasteiger charge is -2.11. The summed E-state index contributed by atoms with van der Waals surface area (Å²) in [6, 6.07) is 16.1. The predicted molar refractivity (Wildman–Crippen MR) is 99.7 cm³/mol. The molecule has 24 heavy (non-hydrogen) atoms. The Morgan fingerprint density at radius 1 is 1.04 bits per heavy atom. The van der Waals surface area contributed by atoms with Crippen molar-refractivity contribution in [3.05, 3.63) is 75.6 Å². The van der Waals surface area contributed by atoms with Crippen LogP contribution in [0.3, 0.4) is 0 Å². The van der Waals surface area contributed by atoms with E-state index < -0.39 is 0 Å². The summed E-state index contributed by atoms with van der Waals surface area (Å²) in [4.78, 5) is 11.8. The summed E-state index contributed by atoms with van der Waals surface area (Å²) in [6.45, 7) is 7.05. The number of rotatable bonds is 5. The van der Waals surface area contributed by atoms with Crippen LogP contribution in [0.2, 0.25) is 0 Å². The molecule has 1 heterocycles. The van der Waals surface area contributed by atoms with Crippen LogP contribution in [0.5, 0.6) is 0 Å². The molecule has 2 aromatic carbocycles. The molecule has 0 aliphatic rings. The Balaban J connectivity index is 1.85. The Bertz CT molecular complexity index is 892. The minimum atomic E-state index is -0.303. The first-order chi connectivity index (χ1) is 11.6. The van der Waals surface area contributed by atoms with Gasteiger partial charge in [0.15, 0.2) is 0 Å². The molecule has 3 rings (SSSR count). The second-order valence-electron chi connectivity index (χ2n) is 6.41. The van der Waals surface area contributed by atoms with E-state index in [-0.39, 0.29) is 5.63 Å². The monoisotopic (exact) mass is 321 g/mol. The van der Waals surface area contributed by atoms with Crippen LogP contribution in [0, 0.1) is 0 Å². The molecular formula is C21H23NO2. The van der Waals surface area contributed by atoms with Crippen LogP contribution in [-0.4, -0.2) is 0 Å². The molecule has 3 heteroatoms. The Labute approximate surface area is 142 Å². The zero-order chi connectivity index (χ0) is 17.1. The Morgan fingerprint density at radius 3 is 2.46 bits per heavy atom. The standard InChI is InChI=1S/C21H23NO2/c1-4-15-5-10-19-17(12-21(23)24-20(19)11-15)13-22-18-8-6-16(7-9-18)14(2)3/h5-12,14,22H,4,13H2,1-3H3. The van der Waals surface area contributed by atoms with Crippen molar-refractivity contribution < 1.29 is 4.42 Å². The van der Waals surface area contributed by atoms with Gasteiger partial charge in [0.05, 0.1) is 0 Å². The molecule has 0 unspecified atom stereocenters. The molecular weight excluding hydrogens is 298 g/mol. The molecule has 0 amide bonds. The highest BCUT2D eigenvalue weighted by Gasteiger charge is 2.07. The van der Waals surface area contributed by atoms with Crippen molar-refractivity contribution in [2.24, 2.45) is 0 Å². The average Bonchev–Trinajstić information content (AvgIpc) is 2.59. The van der Waals surface area contributed by atoms with Gasteiger partial charge >= 0.3 is 5.63 Å². The third-order valence-corrected chi connectivity index (χ3v) is 4.36. The third-order valence-electron chi connectivity index (χ3n) is 4.36. The number of nitrogens with one attached hydrogen (secondary N) is 1. The fraction of sp³-hybridized carbons (Fsp3) is 0.286. The van der Waals surface area contributed by atoms with Gasteiger partial charge in [-0.3, -0.25) is 0 Å². The summed E-state index contributed by atoms with van der Waals surface area (Å²) in [7, 11) is 0. The number of hydrogen-bond donors (Lipinski definition) is 1. The van der Waals surface area contributed by atoms with Crippen molar-refractivity contribution in [3.8, 4) is 0 Å². The first-order valence-electron chi connectivity index (χ1n) is 8.46. The van der Waals surface area contributed by atoms with Gasteiger partial charge in [0, 0.05) is 23.7 Å². The SMILES string of the molecule is CCc1ccc2c(CNc3ccc(C(C)C)cc3)cc(=O)oc2c1. The van der Waals surface area contributed by atoms with Crippen LogP contribution in [0.4, 0.5) is 5.69 Å². The fourth-order valence-electron chi connectivity index (χ4n) is 2.82. The van der Waals surface area contributed by atoms with Crippen LogP contribution in [0.25, 0.3) is 11.0 Å². The summed E-state index contributed by atoms with van der Waals surface area (Å²) in [5.41, 5.74) is 4.85. The quantitative estimate of drug-likeness (QED) is 0.665. The van der Waals surface area contributed by atoms with Crippen LogP contribution in [-0.2, 0) is 13.0 Å². The zero-order valence-corrected chi connectivity index (χ0v) is 14.4. The van der Waals surface area contributed by atoms with Crippen LogP contribution in [0.15, 0.2) is 57.7 Å². The van der Waals surface area contributed by atoms with Crippen molar-refractivity contribution in [2.75, 3.05) is 5.32 Å². The number of anilines is 1. The Morgan fingerprint density at radius 2 is 1.79 bits per heavy atom. The van der Waals surface area contributed by atoms with E-state index in [9.17, 15) is 4.79 Å². The van der Waals surface area contributed by atoms with Gasteiger partial charge in [0.25, 0.3) is 0 Å². The minimum absolute atomic E-state index is 0.303. The average molecular weight is 321 g/mol. The van der Waals surface area contributed by atoms with Gasteiger partial charge < -0.3 is 9.73 Å². The molecule has 1 N–H and O–H groups in total. The molecule has 0 saturated heterocycles. The molecule has 0 radical (unpaired) electrons. The number of fused-ring (bicyclic) bond motifs is 1. The molecule has 0 saturated carbocycles. The maximum absolute atomic E-state index is 11.8. The molecule has 0 bridgehead atoms. The molecule has 0 spiro atoms. The van der Waals surface area contributed by atoms with Gasteiger partial charge in [-0.25, -0.2) is 4.79 Å². The van der Waals surface area contributed by atoms with E-state index in [0.717, 1.165) is 23.1 Å². The number of hydrogen-bond acceptors (Lipinski definition) is 3. The molecule has 0 fully saturated rings. The molecule has 0 aliphatic heterocycles. The van der Waals surface area contributed by atoms with Crippen molar-refractivity contribution in [1.82, 2.24) is 0 Å². The highest BCUT2D eigenvalue weighted by molar-refractivity contribution is 5.81. The van der Waals surface area contributed by atoms with Gasteiger partial charge in [-0.15, -0.1) is 0 Å². The summed E-state index contributed by atoms with van der Waals surface area (Å²) in [6.07, 6.45) is 0.921. The lowest BCUT2D eigenvalue weighted by atomic mass is 10.0. The van der Waals surface area contributed by atoms with Crippen LogP contribution in [0.1, 0.15) is 43.4 Å². The maximum Gasteiger partial charge on any atom is 0.336 e. The molecule has 0 atom stereocenters. The van der Waals surface area contributed by atoms with Crippen molar-refractivity contribution in [3.63, 3.8) is 0 Å². The highest BCUT2D eigenvalue weighted by Crippen LogP contribution is 2.21. The predicted octanol–water partition coefficient (Wildman–Crippen LogP) is 5.09. The summed E-state index contributed by atoms with van der Waals surface area (Å²) >= 11 is 0. The maximum atomic E-state index is 11.8. The lowest BCUT2D eigenvalue weighted by molar-refractivity contribution is 0.559. The minimum Gasteiger partial charge on any atom is -0.423 e. The molecule has 124 valence electrons. The van der Waals surface area contributed by atoms with Gasteiger partial charge in [0.2, 0.25) is 0 Å². The van der Waals surface area contributed by atoms with E-state index in [1.54, 1.807) is 6.07 Å². The fourth-order valence-corrected chi connectivity index (χ4v) is 2.82. The third kappa shape index (κ3) is 3.51. The largest absolute Gasteiger partial charge is 0.423 e. The molecule has 3 aromatic rings.